The molecule has 1 fully saturated rings. The second-order valence-electron chi connectivity index (χ2n) is 2.77. The second kappa shape index (κ2) is 3.30. The molecule has 0 saturated carbocycles. The van der Waals surface area contributed by atoms with Gasteiger partial charge >= 0.3 is 0 Å². The molecule has 0 aromatic heterocycles. The zero-order chi connectivity index (χ0) is 7.56. The molecule has 0 aromatic carbocycles. The summed E-state index contributed by atoms with van der Waals surface area (Å²) >= 11 is 0. The third-order valence-electron chi connectivity index (χ3n) is 2.12. The van der Waals surface area contributed by atoms with E-state index < -0.39 is 6.17 Å². The first-order chi connectivity index (χ1) is 4.77. The van der Waals surface area contributed by atoms with Crippen molar-refractivity contribution in [1.82, 2.24) is 10.4 Å². The highest BCUT2D eigenvalue weighted by Crippen LogP contribution is 2.19. The molecule has 2 nitrogen and oxygen atoms in total. The summed E-state index contributed by atoms with van der Waals surface area (Å²) < 4.78 is 12.7. The maximum Gasteiger partial charge on any atom is 0.116 e. The van der Waals surface area contributed by atoms with E-state index >= 15 is 0 Å². The molecular formula is C7H15FN2. The minimum Gasteiger partial charge on any atom is -0.258 e. The van der Waals surface area contributed by atoms with Crippen LogP contribution in [0.3, 0.4) is 0 Å². The van der Waals surface area contributed by atoms with Crippen LogP contribution < -0.4 is 5.43 Å². The highest BCUT2D eigenvalue weighted by molar-refractivity contribution is 4.81. The normalized spacial score (nSPS) is 35.1. The number of nitrogens with one attached hydrogen (secondary N) is 1. The number of alkyl halides is 1. The van der Waals surface area contributed by atoms with Crippen molar-refractivity contribution in [3.8, 4) is 0 Å². The smallest absolute Gasteiger partial charge is 0.116 e. The van der Waals surface area contributed by atoms with Crippen LogP contribution in [0.25, 0.3) is 0 Å². The summed E-state index contributed by atoms with van der Waals surface area (Å²) in [5.74, 6) is 0. The van der Waals surface area contributed by atoms with Gasteiger partial charge in [0.25, 0.3) is 0 Å². The van der Waals surface area contributed by atoms with Crippen molar-refractivity contribution in [2.45, 2.75) is 32.0 Å². The number of hydrogen-bond donors (Lipinski definition) is 1. The minimum atomic E-state index is -0.627. The molecule has 1 rings (SSSR count). The molecule has 1 aliphatic rings. The van der Waals surface area contributed by atoms with Crippen molar-refractivity contribution in [3.05, 3.63) is 0 Å². The summed E-state index contributed by atoms with van der Waals surface area (Å²) in [6, 6.07) is 0.403. The zero-order valence-corrected chi connectivity index (χ0v) is 6.60. The first-order valence-corrected chi connectivity index (χ1v) is 3.86. The standard InChI is InChI=1S/C7H15FN2/c1-3-7-4-6(8)5-10(7)9-2/h6-7,9H,3-5H2,1-2H3. The lowest BCUT2D eigenvalue weighted by molar-refractivity contribution is 0.178. The SMILES string of the molecule is CCC1CC(F)CN1NC. The summed E-state index contributed by atoms with van der Waals surface area (Å²) in [5.41, 5.74) is 2.99. The molecule has 3 heteroatoms. The predicted molar refractivity (Wildman–Crippen MR) is 39.4 cm³/mol. The van der Waals surface area contributed by atoms with E-state index in [1.165, 1.54) is 0 Å². The average Bonchev–Trinajstić information content (AvgIpc) is 2.30. The molecule has 1 heterocycles. The van der Waals surface area contributed by atoms with Crippen molar-refractivity contribution in [2.24, 2.45) is 0 Å². The molecule has 1 N–H and O–H groups in total. The molecule has 2 atom stereocenters. The van der Waals surface area contributed by atoms with Gasteiger partial charge in [-0.2, -0.15) is 0 Å². The van der Waals surface area contributed by atoms with Gasteiger partial charge in [-0.05, 0) is 19.9 Å². The fourth-order valence-corrected chi connectivity index (χ4v) is 1.52. The molecule has 0 amide bonds. The van der Waals surface area contributed by atoms with Crippen LogP contribution in [-0.4, -0.2) is 30.8 Å². The van der Waals surface area contributed by atoms with Gasteiger partial charge in [-0.3, -0.25) is 5.43 Å². The molecule has 1 aliphatic heterocycles. The van der Waals surface area contributed by atoms with E-state index in [9.17, 15) is 4.39 Å². The summed E-state index contributed by atoms with van der Waals surface area (Å²) in [5, 5.41) is 1.98. The molecule has 60 valence electrons. The summed E-state index contributed by atoms with van der Waals surface area (Å²) in [6.07, 6.45) is 1.09. The number of halogens is 1. The minimum absolute atomic E-state index is 0.403. The quantitative estimate of drug-likeness (QED) is 0.623. The summed E-state index contributed by atoms with van der Waals surface area (Å²) in [4.78, 5) is 0. The van der Waals surface area contributed by atoms with Gasteiger partial charge in [0, 0.05) is 12.6 Å². The lowest BCUT2D eigenvalue weighted by Crippen LogP contribution is -2.39. The van der Waals surface area contributed by atoms with Crippen molar-refractivity contribution in [3.63, 3.8) is 0 Å². The molecule has 1 saturated heterocycles. The van der Waals surface area contributed by atoms with Crippen LogP contribution in [0.15, 0.2) is 0 Å². The lowest BCUT2D eigenvalue weighted by atomic mass is 10.2. The van der Waals surface area contributed by atoms with E-state index in [-0.39, 0.29) is 0 Å². The van der Waals surface area contributed by atoms with Crippen LogP contribution >= 0.6 is 0 Å². The van der Waals surface area contributed by atoms with Crippen molar-refractivity contribution < 1.29 is 4.39 Å². The Bertz CT molecular complexity index is 95.8. The third kappa shape index (κ3) is 1.47. The first-order valence-electron chi connectivity index (χ1n) is 3.86. The van der Waals surface area contributed by atoms with Gasteiger partial charge in [0.2, 0.25) is 0 Å². The Balaban J connectivity index is 2.41. The zero-order valence-electron chi connectivity index (χ0n) is 6.60. The van der Waals surface area contributed by atoms with E-state index in [1.54, 1.807) is 0 Å². The molecule has 10 heavy (non-hydrogen) atoms. The van der Waals surface area contributed by atoms with Crippen LogP contribution in [0.4, 0.5) is 4.39 Å². The summed E-state index contributed by atoms with van der Waals surface area (Å²) in [6.45, 7) is 2.64. The average molecular weight is 146 g/mol. The fourth-order valence-electron chi connectivity index (χ4n) is 1.52. The van der Waals surface area contributed by atoms with Crippen molar-refractivity contribution >= 4 is 0 Å². The van der Waals surface area contributed by atoms with Gasteiger partial charge < -0.3 is 0 Å². The number of hydrogen-bond acceptors (Lipinski definition) is 2. The van der Waals surface area contributed by atoms with Crippen LogP contribution in [0, 0.1) is 0 Å². The van der Waals surface area contributed by atoms with Crippen molar-refractivity contribution in [2.75, 3.05) is 13.6 Å². The van der Waals surface area contributed by atoms with Gasteiger partial charge in [-0.15, -0.1) is 0 Å². The highest BCUT2D eigenvalue weighted by Gasteiger charge is 2.29. The highest BCUT2D eigenvalue weighted by atomic mass is 19.1. The van der Waals surface area contributed by atoms with E-state index in [4.69, 9.17) is 0 Å². The molecule has 0 spiro atoms. The molecule has 0 bridgehead atoms. The molecule has 2 unspecified atom stereocenters. The Kier molecular flexibility index (Phi) is 2.63. The molecular weight excluding hydrogens is 131 g/mol. The topological polar surface area (TPSA) is 15.3 Å². The van der Waals surface area contributed by atoms with Crippen LogP contribution in [0.1, 0.15) is 19.8 Å². The monoisotopic (exact) mass is 146 g/mol. The van der Waals surface area contributed by atoms with Crippen molar-refractivity contribution in [1.29, 1.82) is 0 Å². The Morgan fingerprint density at radius 2 is 2.40 bits per heavy atom. The maximum absolute atomic E-state index is 12.7. The van der Waals surface area contributed by atoms with E-state index in [1.807, 2.05) is 12.1 Å². The first kappa shape index (κ1) is 7.95. The Labute approximate surface area is 61.4 Å². The molecule has 0 radical (unpaired) electrons. The van der Waals surface area contributed by atoms with E-state index in [0.717, 1.165) is 6.42 Å². The van der Waals surface area contributed by atoms with Gasteiger partial charge in [0.15, 0.2) is 0 Å². The fraction of sp³-hybridized carbons (Fsp3) is 1.00. The van der Waals surface area contributed by atoms with Gasteiger partial charge in [-0.25, -0.2) is 9.40 Å². The van der Waals surface area contributed by atoms with Gasteiger partial charge in [0.1, 0.15) is 6.17 Å². The Hall–Kier alpha value is -0.150. The number of nitrogens with zero attached hydrogens (tertiary/aromatic N) is 1. The van der Waals surface area contributed by atoms with Gasteiger partial charge in [0.05, 0.1) is 0 Å². The Morgan fingerprint density at radius 3 is 2.80 bits per heavy atom. The van der Waals surface area contributed by atoms with Gasteiger partial charge in [-0.1, -0.05) is 6.92 Å². The Morgan fingerprint density at radius 1 is 1.70 bits per heavy atom. The molecule has 0 aliphatic carbocycles. The second-order valence-corrected chi connectivity index (χ2v) is 2.77. The van der Waals surface area contributed by atoms with Crippen LogP contribution in [-0.2, 0) is 0 Å². The lowest BCUT2D eigenvalue weighted by Gasteiger charge is -2.20. The van der Waals surface area contributed by atoms with E-state index in [0.29, 0.717) is 19.0 Å². The number of hydrazine groups is 1. The van der Waals surface area contributed by atoms with E-state index in [2.05, 4.69) is 12.3 Å². The van der Waals surface area contributed by atoms with Crippen LogP contribution in [0.2, 0.25) is 0 Å². The summed E-state index contributed by atoms with van der Waals surface area (Å²) in [7, 11) is 1.85. The maximum atomic E-state index is 12.7. The molecule has 0 aromatic rings. The number of rotatable bonds is 2. The largest absolute Gasteiger partial charge is 0.258 e. The van der Waals surface area contributed by atoms with Crippen LogP contribution in [0.5, 0.6) is 0 Å². The third-order valence-corrected chi connectivity index (χ3v) is 2.12. The predicted octanol–water partition coefficient (Wildman–Crippen LogP) is 0.943.